The van der Waals surface area contributed by atoms with Gasteiger partial charge in [-0.15, -0.1) is 0 Å². The number of fused-ring (bicyclic) bond motifs is 2. The molecular formula is C16H16N4OS. The summed E-state index contributed by atoms with van der Waals surface area (Å²) in [6.07, 6.45) is 2.06. The van der Waals surface area contributed by atoms with E-state index in [0.717, 1.165) is 16.8 Å². The van der Waals surface area contributed by atoms with Crippen LogP contribution in [0.1, 0.15) is 18.7 Å². The summed E-state index contributed by atoms with van der Waals surface area (Å²) in [6, 6.07) is 12.0. The van der Waals surface area contributed by atoms with Crippen molar-refractivity contribution in [3.63, 3.8) is 0 Å². The van der Waals surface area contributed by atoms with E-state index < -0.39 is 0 Å². The Morgan fingerprint density at radius 1 is 1.27 bits per heavy atom. The topological polar surface area (TPSA) is 50.2 Å². The smallest absolute Gasteiger partial charge is 0.324 e. The molecule has 0 bridgehead atoms. The van der Waals surface area contributed by atoms with Gasteiger partial charge < -0.3 is 9.47 Å². The van der Waals surface area contributed by atoms with Crippen molar-refractivity contribution in [1.82, 2.24) is 14.5 Å². The first-order chi connectivity index (χ1) is 10.7. The van der Waals surface area contributed by atoms with Crippen molar-refractivity contribution in [2.45, 2.75) is 19.5 Å². The molecule has 4 rings (SSSR count). The SMILES string of the molecule is CC1c2cccn2CCN1C(=O)Nc1nc2ccccc2s1. The third kappa shape index (κ3) is 2.16. The minimum atomic E-state index is -0.0843. The number of urea groups is 1. The molecule has 0 saturated carbocycles. The van der Waals surface area contributed by atoms with E-state index in [9.17, 15) is 4.79 Å². The van der Waals surface area contributed by atoms with Gasteiger partial charge >= 0.3 is 6.03 Å². The number of para-hydroxylation sites is 1. The quantitative estimate of drug-likeness (QED) is 0.745. The Hall–Kier alpha value is -2.34. The highest BCUT2D eigenvalue weighted by molar-refractivity contribution is 7.22. The lowest BCUT2D eigenvalue weighted by Gasteiger charge is -2.34. The minimum Gasteiger partial charge on any atom is -0.348 e. The molecule has 1 aromatic carbocycles. The van der Waals surface area contributed by atoms with Gasteiger partial charge in [-0.05, 0) is 31.2 Å². The Kier molecular flexibility index (Phi) is 3.11. The summed E-state index contributed by atoms with van der Waals surface area (Å²) in [5.41, 5.74) is 2.09. The van der Waals surface area contributed by atoms with Crippen LogP contribution in [0.25, 0.3) is 10.2 Å². The maximum Gasteiger partial charge on any atom is 0.324 e. The van der Waals surface area contributed by atoms with E-state index in [0.29, 0.717) is 11.7 Å². The first-order valence-electron chi connectivity index (χ1n) is 7.30. The molecule has 22 heavy (non-hydrogen) atoms. The van der Waals surface area contributed by atoms with Crippen LogP contribution in [0.5, 0.6) is 0 Å². The summed E-state index contributed by atoms with van der Waals surface area (Å²) >= 11 is 1.50. The molecule has 2 aromatic heterocycles. The molecule has 1 aliphatic rings. The summed E-state index contributed by atoms with van der Waals surface area (Å²) < 4.78 is 3.28. The average Bonchev–Trinajstić information content (AvgIpc) is 3.13. The second-order valence-electron chi connectivity index (χ2n) is 5.41. The van der Waals surface area contributed by atoms with E-state index in [-0.39, 0.29) is 12.1 Å². The number of hydrogen-bond donors (Lipinski definition) is 1. The van der Waals surface area contributed by atoms with Gasteiger partial charge in [-0.1, -0.05) is 23.5 Å². The van der Waals surface area contributed by atoms with E-state index in [2.05, 4.69) is 34.1 Å². The molecule has 3 heterocycles. The van der Waals surface area contributed by atoms with E-state index in [1.165, 1.54) is 17.0 Å². The fraction of sp³-hybridized carbons (Fsp3) is 0.250. The molecule has 0 radical (unpaired) electrons. The molecule has 1 aliphatic heterocycles. The van der Waals surface area contributed by atoms with E-state index in [1.54, 1.807) is 0 Å². The molecular weight excluding hydrogens is 296 g/mol. The van der Waals surface area contributed by atoms with Gasteiger partial charge in [0.15, 0.2) is 5.13 Å². The number of benzene rings is 1. The number of anilines is 1. The molecule has 5 nitrogen and oxygen atoms in total. The van der Waals surface area contributed by atoms with Gasteiger partial charge in [0.2, 0.25) is 0 Å². The van der Waals surface area contributed by atoms with E-state index in [1.807, 2.05) is 35.2 Å². The number of thiazole rings is 1. The predicted octanol–water partition coefficient (Wildman–Crippen LogP) is 3.71. The van der Waals surface area contributed by atoms with Crippen LogP contribution in [-0.2, 0) is 6.54 Å². The second kappa shape index (κ2) is 5.14. The monoisotopic (exact) mass is 312 g/mol. The molecule has 1 atom stereocenters. The third-order valence-electron chi connectivity index (χ3n) is 4.11. The van der Waals surface area contributed by atoms with Crippen molar-refractivity contribution in [3.05, 3.63) is 48.3 Å². The van der Waals surface area contributed by atoms with Crippen LogP contribution >= 0.6 is 11.3 Å². The molecule has 3 aromatic rings. The summed E-state index contributed by atoms with van der Waals surface area (Å²) in [6.45, 7) is 3.60. The fourth-order valence-electron chi connectivity index (χ4n) is 2.95. The van der Waals surface area contributed by atoms with Gasteiger partial charge in [0, 0.05) is 25.0 Å². The van der Waals surface area contributed by atoms with Gasteiger partial charge in [-0.3, -0.25) is 5.32 Å². The highest BCUT2D eigenvalue weighted by atomic mass is 32.1. The van der Waals surface area contributed by atoms with Gasteiger partial charge in [-0.2, -0.15) is 0 Å². The van der Waals surface area contributed by atoms with Crippen LogP contribution in [0.2, 0.25) is 0 Å². The van der Waals surface area contributed by atoms with Crippen molar-refractivity contribution in [2.75, 3.05) is 11.9 Å². The third-order valence-corrected chi connectivity index (χ3v) is 5.06. The van der Waals surface area contributed by atoms with Crippen molar-refractivity contribution in [3.8, 4) is 0 Å². The number of nitrogens with zero attached hydrogens (tertiary/aromatic N) is 3. The molecule has 1 N–H and O–H groups in total. The maximum atomic E-state index is 12.6. The Labute approximate surface area is 132 Å². The van der Waals surface area contributed by atoms with E-state index >= 15 is 0 Å². The van der Waals surface area contributed by atoms with Gasteiger partial charge in [0.05, 0.1) is 16.3 Å². The molecule has 1 unspecified atom stereocenters. The molecule has 0 spiro atoms. The lowest BCUT2D eigenvalue weighted by molar-refractivity contribution is 0.175. The molecule has 2 amide bonds. The molecule has 112 valence electrons. The van der Waals surface area contributed by atoms with Crippen molar-refractivity contribution in [2.24, 2.45) is 0 Å². The van der Waals surface area contributed by atoms with Crippen LogP contribution in [0.4, 0.5) is 9.93 Å². The zero-order valence-corrected chi connectivity index (χ0v) is 13.0. The Morgan fingerprint density at radius 2 is 2.14 bits per heavy atom. The Morgan fingerprint density at radius 3 is 3.00 bits per heavy atom. The zero-order chi connectivity index (χ0) is 15.1. The van der Waals surface area contributed by atoms with Crippen LogP contribution in [0.15, 0.2) is 42.6 Å². The number of carbonyl (C=O) groups is 1. The number of rotatable bonds is 1. The van der Waals surface area contributed by atoms with Crippen molar-refractivity contribution >= 4 is 32.7 Å². The van der Waals surface area contributed by atoms with Crippen LogP contribution in [-0.4, -0.2) is 27.0 Å². The normalized spacial score (nSPS) is 17.5. The van der Waals surface area contributed by atoms with Crippen molar-refractivity contribution < 1.29 is 4.79 Å². The highest BCUT2D eigenvalue weighted by Gasteiger charge is 2.27. The molecule has 0 saturated heterocycles. The predicted molar refractivity (Wildman–Crippen MR) is 88.2 cm³/mol. The molecule has 0 fully saturated rings. The summed E-state index contributed by atoms with van der Waals surface area (Å²) in [5, 5.41) is 3.59. The maximum absolute atomic E-state index is 12.6. The summed E-state index contributed by atoms with van der Waals surface area (Å²) in [7, 11) is 0. The van der Waals surface area contributed by atoms with Gasteiger partial charge in [0.1, 0.15) is 0 Å². The molecule has 6 heteroatoms. The van der Waals surface area contributed by atoms with Crippen LogP contribution in [0, 0.1) is 0 Å². The Balaban J connectivity index is 1.55. The highest BCUT2D eigenvalue weighted by Crippen LogP contribution is 2.28. The van der Waals surface area contributed by atoms with Gasteiger partial charge in [-0.25, -0.2) is 9.78 Å². The number of amides is 2. The molecule has 0 aliphatic carbocycles. The average molecular weight is 312 g/mol. The zero-order valence-electron chi connectivity index (χ0n) is 12.2. The lowest BCUT2D eigenvalue weighted by Crippen LogP contribution is -2.42. The van der Waals surface area contributed by atoms with Crippen LogP contribution < -0.4 is 5.32 Å². The first-order valence-corrected chi connectivity index (χ1v) is 8.12. The summed E-state index contributed by atoms with van der Waals surface area (Å²) in [4.78, 5) is 18.9. The van der Waals surface area contributed by atoms with E-state index in [4.69, 9.17) is 0 Å². The Bertz CT molecular complexity index is 804. The number of aromatic nitrogens is 2. The number of hydrogen-bond acceptors (Lipinski definition) is 3. The first kappa shape index (κ1) is 13.3. The number of nitrogens with one attached hydrogen (secondary N) is 1. The minimum absolute atomic E-state index is 0.0677. The lowest BCUT2D eigenvalue weighted by atomic mass is 10.1. The fourth-order valence-corrected chi connectivity index (χ4v) is 3.80. The van der Waals surface area contributed by atoms with Crippen LogP contribution in [0.3, 0.4) is 0 Å². The summed E-state index contributed by atoms with van der Waals surface area (Å²) in [5.74, 6) is 0. The van der Waals surface area contributed by atoms with Gasteiger partial charge in [0.25, 0.3) is 0 Å². The second-order valence-corrected chi connectivity index (χ2v) is 6.44. The standard InChI is InChI=1S/C16H16N4OS/c1-11-13-6-4-8-19(13)9-10-20(11)16(21)18-15-17-12-5-2-3-7-14(12)22-15/h2-8,11H,9-10H2,1H3,(H,17,18,21). The largest absolute Gasteiger partial charge is 0.348 e. The number of carbonyl (C=O) groups excluding carboxylic acids is 1. The van der Waals surface area contributed by atoms with Crippen molar-refractivity contribution in [1.29, 1.82) is 0 Å².